The first kappa shape index (κ1) is 12.0. The summed E-state index contributed by atoms with van der Waals surface area (Å²) in [6.45, 7) is 1.68. The molecule has 86 valence electrons. The van der Waals surface area contributed by atoms with E-state index in [1.165, 1.54) is 28.6 Å². The van der Waals surface area contributed by atoms with Crippen molar-refractivity contribution in [3.63, 3.8) is 0 Å². The third-order valence-corrected chi connectivity index (χ3v) is 2.02. The number of hydrogen-bond donors (Lipinski definition) is 1. The van der Waals surface area contributed by atoms with Crippen molar-refractivity contribution in [3.8, 4) is 0 Å². The monoisotopic (exact) mass is 224 g/mol. The third kappa shape index (κ3) is 2.69. The number of carboxylic acids is 1. The van der Waals surface area contributed by atoms with Gasteiger partial charge in [0.1, 0.15) is 0 Å². The Morgan fingerprint density at radius 1 is 1.38 bits per heavy atom. The van der Waals surface area contributed by atoms with Crippen LogP contribution >= 0.6 is 0 Å². The number of carbonyl (C=O) groups is 1. The van der Waals surface area contributed by atoms with E-state index in [-0.39, 0.29) is 6.54 Å². The molecule has 16 heavy (non-hydrogen) atoms. The summed E-state index contributed by atoms with van der Waals surface area (Å²) in [6, 6.07) is 0. The summed E-state index contributed by atoms with van der Waals surface area (Å²) in [5.74, 6) is -1.07. The fraction of sp³-hybridized carbons (Fsp3) is 0.300. The molecule has 0 atom stereocenters. The topological polar surface area (TPSA) is 81.3 Å². The van der Waals surface area contributed by atoms with Gasteiger partial charge in [-0.2, -0.15) is 0 Å². The van der Waals surface area contributed by atoms with Crippen molar-refractivity contribution in [1.82, 2.24) is 9.13 Å². The van der Waals surface area contributed by atoms with Gasteiger partial charge < -0.3 is 14.2 Å². The molecule has 0 aromatic carbocycles. The maximum Gasteiger partial charge on any atom is 0.328 e. The quantitative estimate of drug-likeness (QED) is 0.558. The van der Waals surface area contributed by atoms with Crippen LogP contribution in [0, 0.1) is 0 Å². The largest absolute Gasteiger partial charge is 0.478 e. The molecule has 1 heterocycles. The third-order valence-electron chi connectivity index (χ3n) is 2.02. The van der Waals surface area contributed by atoms with E-state index in [4.69, 9.17) is 5.11 Å². The second-order valence-corrected chi connectivity index (χ2v) is 3.48. The molecule has 0 radical (unpaired) electrons. The number of nitrogens with zero attached hydrogens (tertiary/aromatic N) is 2. The molecule has 0 aliphatic heterocycles. The first-order valence-corrected chi connectivity index (χ1v) is 4.58. The minimum Gasteiger partial charge on any atom is -0.478 e. The lowest BCUT2D eigenvalue weighted by Crippen LogP contribution is -2.39. The van der Waals surface area contributed by atoms with Crippen LogP contribution in [-0.4, -0.2) is 20.2 Å². The molecule has 0 bridgehead atoms. The number of rotatable bonds is 3. The number of aryl methyl sites for hydroxylation is 1. The van der Waals surface area contributed by atoms with Gasteiger partial charge in [-0.05, 0) is 12.5 Å². The molecule has 0 fully saturated rings. The summed E-state index contributed by atoms with van der Waals surface area (Å²) in [5, 5.41) is 8.50. The number of hydrogen-bond acceptors (Lipinski definition) is 3. The predicted octanol–water partition coefficient (Wildman–Crippen LogP) is -0.422. The normalized spacial score (nSPS) is 11.5. The highest BCUT2D eigenvalue weighted by atomic mass is 16.4. The summed E-state index contributed by atoms with van der Waals surface area (Å²) in [5.41, 5.74) is -0.809. The Labute approximate surface area is 91.1 Å². The van der Waals surface area contributed by atoms with Gasteiger partial charge in [0.2, 0.25) is 0 Å². The van der Waals surface area contributed by atoms with Gasteiger partial charge in [0.15, 0.2) is 0 Å². The fourth-order valence-corrected chi connectivity index (χ4v) is 1.24. The Bertz CT molecular complexity index is 551. The zero-order valence-corrected chi connectivity index (χ0v) is 9.01. The van der Waals surface area contributed by atoms with Crippen LogP contribution in [-0.2, 0) is 18.4 Å². The minimum atomic E-state index is -1.07. The smallest absolute Gasteiger partial charge is 0.328 e. The lowest BCUT2D eigenvalue weighted by Gasteiger charge is -2.05. The minimum absolute atomic E-state index is 0.0984. The Morgan fingerprint density at radius 2 is 2.00 bits per heavy atom. The molecular formula is C10H12N2O4. The van der Waals surface area contributed by atoms with E-state index >= 15 is 0 Å². The maximum atomic E-state index is 11.5. The van der Waals surface area contributed by atoms with Crippen molar-refractivity contribution in [1.29, 1.82) is 0 Å². The van der Waals surface area contributed by atoms with Crippen LogP contribution in [0.4, 0.5) is 0 Å². The van der Waals surface area contributed by atoms with Gasteiger partial charge in [-0.25, -0.2) is 4.79 Å². The van der Waals surface area contributed by atoms with Gasteiger partial charge in [0.25, 0.3) is 0 Å². The molecule has 0 saturated carbocycles. The van der Waals surface area contributed by atoms with E-state index in [1.54, 1.807) is 6.92 Å². The van der Waals surface area contributed by atoms with Gasteiger partial charge in [-0.1, -0.05) is 0 Å². The summed E-state index contributed by atoms with van der Waals surface area (Å²) in [6.07, 6.45) is 3.91. The lowest BCUT2D eigenvalue weighted by atomic mass is 10.3. The zero-order chi connectivity index (χ0) is 12.3. The van der Waals surface area contributed by atoms with E-state index in [9.17, 15) is 14.4 Å². The first-order chi connectivity index (χ1) is 7.41. The Balaban J connectivity index is 3.09. The summed E-state index contributed by atoms with van der Waals surface area (Å²) in [4.78, 5) is 33.1. The van der Waals surface area contributed by atoms with Crippen LogP contribution in [0.25, 0.3) is 0 Å². The van der Waals surface area contributed by atoms with E-state index in [2.05, 4.69) is 0 Å². The molecule has 1 rings (SSSR count). The molecule has 1 aromatic rings. The molecule has 6 heteroatoms. The van der Waals surface area contributed by atoms with Crippen molar-refractivity contribution >= 4 is 5.97 Å². The van der Waals surface area contributed by atoms with Crippen LogP contribution in [0.1, 0.15) is 6.92 Å². The van der Waals surface area contributed by atoms with Crippen molar-refractivity contribution in [2.45, 2.75) is 13.5 Å². The number of carboxylic acid groups (broad SMARTS) is 1. The van der Waals surface area contributed by atoms with Crippen LogP contribution < -0.4 is 11.1 Å². The molecule has 0 spiro atoms. The second-order valence-electron chi connectivity index (χ2n) is 3.48. The summed E-state index contributed by atoms with van der Waals surface area (Å²) in [7, 11) is 1.48. The number of aromatic nitrogens is 2. The molecule has 0 amide bonds. The van der Waals surface area contributed by atoms with Crippen molar-refractivity contribution in [2.24, 2.45) is 7.05 Å². The summed E-state index contributed by atoms with van der Waals surface area (Å²) < 4.78 is 2.35. The molecule has 6 nitrogen and oxygen atoms in total. The maximum absolute atomic E-state index is 11.5. The molecular weight excluding hydrogens is 212 g/mol. The van der Waals surface area contributed by atoms with Crippen molar-refractivity contribution < 1.29 is 9.90 Å². The average molecular weight is 224 g/mol. The molecule has 0 aliphatic carbocycles. The molecule has 0 saturated heterocycles. The van der Waals surface area contributed by atoms with E-state index in [0.717, 1.165) is 6.08 Å². The molecule has 1 aromatic heterocycles. The van der Waals surface area contributed by atoms with Crippen LogP contribution in [0.3, 0.4) is 0 Å². The van der Waals surface area contributed by atoms with Crippen LogP contribution in [0.15, 0.2) is 33.6 Å². The van der Waals surface area contributed by atoms with E-state index in [0.29, 0.717) is 5.57 Å². The predicted molar refractivity (Wildman–Crippen MR) is 57.3 cm³/mol. The second kappa shape index (κ2) is 4.61. The highest BCUT2D eigenvalue weighted by Gasteiger charge is 2.03. The lowest BCUT2D eigenvalue weighted by molar-refractivity contribution is -0.131. The average Bonchev–Trinajstić information content (AvgIpc) is 2.18. The van der Waals surface area contributed by atoms with E-state index < -0.39 is 17.1 Å². The molecule has 1 N–H and O–H groups in total. The van der Waals surface area contributed by atoms with Gasteiger partial charge >= 0.3 is 17.1 Å². The Hall–Kier alpha value is -2.11. The molecule has 0 aliphatic rings. The zero-order valence-electron chi connectivity index (χ0n) is 9.01. The number of allylic oxidation sites excluding steroid dienone is 1. The fourth-order valence-electron chi connectivity index (χ4n) is 1.24. The first-order valence-electron chi connectivity index (χ1n) is 4.58. The molecule has 0 unspecified atom stereocenters. The van der Waals surface area contributed by atoms with Crippen LogP contribution in [0.5, 0.6) is 0 Å². The number of aliphatic carboxylic acids is 1. The van der Waals surface area contributed by atoms with Gasteiger partial charge in [-0.15, -0.1) is 0 Å². The van der Waals surface area contributed by atoms with Crippen molar-refractivity contribution in [3.05, 3.63) is 44.8 Å². The van der Waals surface area contributed by atoms with Gasteiger partial charge in [0.05, 0.1) is 0 Å². The Kier molecular flexibility index (Phi) is 3.44. The van der Waals surface area contributed by atoms with Crippen molar-refractivity contribution in [2.75, 3.05) is 0 Å². The van der Waals surface area contributed by atoms with Crippen LogP contribution in [0.2, 0.25) is 0 Å². The Morgan fingerprint density at radius 3 is 2.56 bits per heavy atom. The van der Waals surface area contributed by atoms with Gasteiger partial charge in [0, 0.05) is 32.1 Å². The summed E-state index contributed by atoms with van der Waals surface area (Å²) >= 11 is 0. The van der Waals surface area contributed by atoms with E-state index in [1.807, 2.05) is 0 Å². The highest BCUT2D eigenvalue weighted by Crippen LogP contribution is 1.95. The SMILES string of the molecule is CC(=CC(=O)O)Cn1ccn(C)c(=O)c1=O. The van der Waals surface area contributed by atoms with Gasteiger partial charge in [-0.3, -0.25) is 9.59 Å². The highest BCUT2D eigenvalue weighted by molar-refractivity contribution is 5.80. The standard InChI is InChI=1S/C10H12N2O4/c1-7(5-8(13)14)6-12-4-3-11(2)9(15)10(12)16/h3-5H,6H2,1-2H3,(H,13,14).